The van der Waals surface area contributed by atoms with Gasteiger partial charge in [0.25, 0.3) is 10.0 Å². The van der Waals surface area contributed by atoms with Gasteiger partial charge in [0.15, 0.2) is 0 Å². The largest absolute Gasteiger partial charge is 0.481 e. The van der Waals surface area contributed by atoms with Crippen LogP contribution in [0.4, 0.5) is 5.69 Å². The Morgan fingerprint density at radius 2 is 2.09 bits per heavy atom. The molecule has 0 radical (unpaired) electrons. The molecular formula is C15H16N2O5S. The van der Waals surface area contributed by atoms with Crippen LogP contribution < -0.4 is 9.46 Å². The number of sulfonamides is 1. The standard InChI is InChI=1S/C15H16N2O5S/c1-2-22-14-7-6-13(10-16-14)23(20,21)17-12-5-3-4-11(8-12)9-15(18)19/h3-8,10,17H,2,9H2,1H3,(H,18,19). The minimum Gasteiger partial charge on any atom is -0.481 e. The fraction of sp³-hybridized carbons (Fsp3) is 0.200. The molecule has 0 unspecified atom stereocenters. The zero-order valence-corrected chi connectivity index (χ0v) is 13.2. The lowest BCUT2D eigenvalue weighted by Gasteiger charge is -2.09. The fourth-order valence-electron chi connectivity index (χ4n) is 1.89. The van der Waals surface area contributed by atoms with Gasteiger partial charge in [0.05, 0.1) is 19.2 Å². The SMILES string of the molecule is CCOc1ccc(S(=O)(=O)Nc2cccc(CC(=O)O)c2)cn1. The van der Waals surface area contributed by atoms with Gasteiger partial charge in [0, 0.05) is 11.8 Å². The predicted molar refractivity (Wildman–Crippen MR) is 84.0 cm³/mol. The zero-order valence-electron chi connectivity index (χ0n) is 12.4. The number of ether oxygens (including phenoxy) is 1. The number of nitrogens with one attached hydrogen (secondary N) is 1. The molecule has 0 aliphatic heterocycles. The number of carboxylic acid groups (broad SMARTS) is 1. The van der Waals surface area contributed by atoms with Crippen LogP contribution in [0.5, 0.6) is 5.88 Å². The molecule has 1 heterocycles. The lowest BCUT2D eigenvalue weighted by atomic mass is 10.1. The first-order chi connectivity index (χ1) is 10.9. The van der Waals surface area contributed by atoms with Gasteiger partial charge in [0.1, 0.15) is 4.90 Å². The van der Waals surface area contributed by atoms with Gasteiger partial charge in [-0.3, -0.25) is 9.52 Å². The van der Waals surface area contributed by atoms with Crippen molar-refractivity contribution in [3.8, 4) is 5.88 Å². The predicted octanol–water partition coefficient (Wildman–Crippen LogP) is 1.91. The minimum absolute atomic E-state index is 0.00964. The minimum atomic E-state index is -3.81. The van der Waals surface area contributed by atoms with Crippen molar-refractivity contribution in [2.45, 2.75) is 18.2 Å². The first kappa shape index (κ1) is 16.8. The van der Waals surface area contributed by atoms with E-state index in [2.05, 4.69) is 9.71 Å². The molecule has 23 heavy (non-hydrogen) atoms. The molecule has 1 aromatic carbocycles. The number of aromatic nitrogens is 1. The molecule has 0 spiro atoms. The molecule has 0 aliphatic carbocycles. The van der Waals surface area contributed by atoms with Crippen molar-refractivity contribution in [2.24, 2.45) is 0 Å². The molecule has 0 saturated carbocycles. The highest BCUT2D eigenvalue weighted by atomic mass is 32.2. The normalized spacial score (nSPS) is 11.0. The van der Waals surface area contributed by atoms with E-state index >= 15 is 0 Å². The van der Waals surface area contributed by atoms with E-state index in [-0.39, 0.29) is 17.0 Å². The highest BCUT2D eigenvalue weighted by Crippen LogP contribution is 2.18. The Labute approximate surface area is 134 Å². The molecule has 122 valence electrons. The van der Waals surface area contributed by atoms with E-state index < -0.39 is 16.0 Å². The molecule has 0 fully saturated rings. The smallest absolute Gasteiger partial charge is 0.307 e. The first-order valence-electron chi connectivity index (χ1n) is 6.83. The number of anilines is 1. The van der Waals surface area contributed by atoms with Crippen LogP contribution in [0.15, 0.2) is 47.5 Å². The van der Waals surface area contributed by atoms with Gasteiger partial charge in [-0.05, 0) is 30.7 Å². The maximum Gasteiger partial charge on any atom is 0.307 e. The highest BCUT2D eigenvalue weighted by Gasteiger charge is 2.15. The second-order valence-corrected chi connectivity index (χ2v) is 6.32. The van der Waals surface area contributed by atoms with Crippen molar-refractivity contribution in [1.82, 2.24) is 4.98 Å². The topological polar surface area (TPSA) is 106 Å². The number of aliphatic carboxylic acids is 1. The van der Waals surface area contributed by atoms with Crippen molar-refractivity contribution >= 4 is 21.7 Å². The van der Waals surface area contributed by atoms with Gasteiger partial charge in [-0.2, -0.15) is 0 Å². The summed E-state index contributed by atoms with van der Waals surface area (Å²) < 4.78 is 32.2. The molecule has 8 heteroatoms. The Kier molecular flexibility index (Phi) is 5.17. The van der Waals surface area contributed by atoms with Gasteiger partial charge < -0.3 is 9.84 Å². The van der Waals surface area contributed by atoms with Crippen LogP contribution in [0.25, 0.3) is 0 Å². The number of rotatable bonds is 7. The Morgan fingerprint density at radius 3 is 2.70 bits per heavy atom. The quantitative estimate of drug-likeness (QED) is 0.800. The van der Waals surface area contributed by atoms with Crippen molar-refractivity contribution in [1.29, 1.82) is 0 Å². The third-order valence-electron chi connectivity index (χ3n) is 2.85. The molecule has 0 bridgehead atoms. The lowest BCUT2D eigenvalue weighted by Crippen LogP contribution is -2.13. The Hall–Kier alpha value is -2.61. The molecule has 2 N–H and O–H groups in total. The van der Waals surface area contributed by atoms with Gasteiger partial charge in [0.2, 0.25) is 5.88 Å². The molecule has 0 amide bonds. The van der Waals surface area contributed by atoms with Crippen LogP contribution in [-0.4, -0.2) is 31.1 Å². The van der Waals surface area contributed by atoms with Crippen LogP contribution in [-0.2, 0) is 21.2 Å². The van der Waals surface area contributed by atoms with E-state index in [1.807, 2.05) is 0 Å². The number of carbonyl (C=O) groups is 1. The first-order valence-corrected chi connectivity index (χ1v) is 8.31. The maximum atomic E-state index is 12.3. The number of nitrogens with zero attached hydrogens (tertiary/aromatic N) is 1. The second kappa shape index (κ2) is 7.10. The Bertz CT molecular complexity index is 788. The van der Waals surface area contributed by atoms with Crippen LogP contribution in [0.3, 0.4) is 0 Å². The van der Waals surface area contributed by atoms with E-state index in [1.165, 1.54) is 24.4 Å². The summed E-state index contributed by atoms with van der Waals surface area (Å²) in [6.45, 7) is 2.24. The van der Waals surface area contributed by atoms with Crippen molar-refractivity contribution in [3.05, 3.63) is 48.2 Å². The summed E-state index contributed by atoms with van der Waals surface area (Å²) in [7, 11) is -3.81. The molecule has 2 rings (SSSR count). The average Bonchev–Trinajstić information content (AvgIpc) is 2.47. The molecule has 0 aliphatic rings. The summed E-state index contributed by atoms with van der Waals surface area (Å²) in [6.07, 6.45) is 1.02. The Morgan fingerprint density at radius 1 is 1.30 bits per heavy atom. The number of benzene rings is 1. The van der Waals surface area contributed by atoms with Gasteiger partial charge in [-0.1, -0.05) is 12.1 Å². The number of hydrogen-bond acceptors (Lipinski definition) is 5. The second-order valence-electron chi connectivity index (χ2n) is 4.64. The van der Waals surface area contributed by atoms with Crippen molar-refractivity contribution in [3.63, 3.8) is 0 Å². The molecule has 2 aromatic rings. The highest BCUT2D eigenvalue weighted by molar-refractivity contribution is 7.92. The molecule has 0 atom stereocenters. The summed E-state index contributed by atoms with van der Waals surface area (Å²) in [6, 6.07) is 9.09. The average molecular weight is 336 g/mol. The van der Waals surface area contributed by atoms with Crippen LogP contribution in [0, 0.1) is 0 Å². The lowest BCUT2D eigenvalue weighted by molar-refractivity contribution is -0.136. The third kappa shape index (κ3) is 4.68. The third-order valence-corrected chi connectivity index (χ3v) is 4.21. The monoisotopic (exact) mass is 336 g/mol. The van der Waals surface area contributed by atoms with E-state index in [4.69, 9.17) is 9.84 Å². The number of pyridine rings is 1. The summed E-state index contributed by atoms with van der Waals surface area (Å²) in [5.74, 6) is -0.643. The van der Waals surface area contributed by atoms with Crippen LogP contribution in [0.2, 0.25) is 0 Å². The van der Waals surface area contributed by atoms with Crippen molar-refractivity contribution < 1.29 is 23.1 Å². The fourth-order valence-corrected chi connectivity index (χ4v) is 2.89. The molecule has 0 saturated heterocycles. The summed E-state index contributed by atoms with van der Waals surface area (Å²) in [5, 5.41) is 8.78. The van der Waals surface area contributed by atoms with Crippen LogP contribution in [0.1, 0.15) is 12.5 Å². The summed E-state index contributed by atoms with van der Waals surface area (Å²) in [4.78, 5) is 14.6. The zero-order chi connectivity index (χ0) is 16.9. The van der Waals surface area contributed by atoms with Gasteiger partial charge >= 0.3 is 5.97 Å². The molecule has 7 nitrogen and oxygen atoms in total. The van der Waals surface area contributed by atoms with Gasteiger partial charge in [-0.15, -0.1) is 0 Å². The maximum absolute atomic E-state index is 12.3. The van der Waals surface area contributed by atoms with E-state index in [0.29, 0.717) is 18.1 Å². The summed E-state index contributed by atoms with van der Waals surface area (Å²) >= 11 is 0. The van der Waals surface area contributed by atoms with E-state index in [0.717, 1.165) is 0 Å². The molecule has 1 aromatic heterocycles. The van der Waals surface area contributed by atoms with Gasteiger partial charge in [-0.25, -0.2) is 13.4 Å². The Balaban J connectivity index is 2.19. The van der Waals surface area contributed by atoms with E-state index in [1.54, 1.807) is 25.1 Å². The van der Waals surface area contributed by atoms with E-state index in [9.17, 15) is 13.2 Å². The van der Waals surface area contributed by atoms with Crippen molar-refractivity contribution in [2.75, 3.05) is 11.3 Å². The summed E-state index contributed by atoms with van der Waals surface area (Å²) in [5.41, 5.74) is 0.792. The van der Waals surface area contributed by atoms with Crippen LogP contribution >= 0.6 is 0 Å². The number of hydrogen-bond donors (Lipinski definition) is 2. The molecular weight excluding hydrogens is 320 g/mol. The number of carboxylic acids is 1.